The van der Waals surface area contributed by atoms with Crippen LogP contribution in [0.5, 0.6) is 5.75 Å². The van der Waals surface area contributed by atoms with Crippen LogP contribution in [0.3, 0.4) is 0 Å². The van der Waals surface area contributed by atoms with Gasteiger partial charge in [0.25, 0.3) is 0 Å². The molecule has 0 heterocycles. The lowest BCUT2D eigenvalue weighted by atomic mass is 9.95. The van der Waals surface area contributed by atoms with E-state index in [0.717, 1.165) is 29.6 Å². The van der Waals surface area contributed by atoms with Crippen molar-refractivity contribution < 1.29 is 9.68 Å². The highest BCUT2D eigenvalue weighted by Gasteiger charge is 2.10. The van der Waals surface area contributed by atoms with Crippen LogP contribution in [0, 0.1) is 0 Å². The summed E-state index contributed by atoms with van der Waals surface area (Å²) in [7, 11) is 0.728. The molecule has 0 unspecified atom stereocenters. The van der Waals surface area contributed by atoms with Gasteiger partial charge in [0.1, 0.15) is 5.75 Å². The van der Waals surface area contributed by atoms with Crippen LogP contribution >= 0.6 is 0 Å². The zero-order valence-corrected chi connectivity index (χ0v) is 12.4. The second kappa shape index (κ2) is 5.78. The van der Waals surface area contributed by atoms with Gasteiger partial charge >= 0.3 is 7.69 Å². The third kappa shape index (κ3) is 2.45. The van der Waals surface area contributed by atoms with Gasteiger partial charge in [0.15, 0.2) is 0 Å². The Hall–Kier alpha value is -2.78. The molecule has 0 bridgehead atoms. The standard InChI is InChI=1S/C20H14BO2/c22-21-23-19-10-4-8-15-7-3-9-18(20(15)19)17-12-11-14-5-1-2-6-16(14)13-17/h1-13,22H. The van der Waals surface area contributed by atoms with E-state index in [2.05, 4.69) is 36.4 Å². The normalized spacial score (nSPS) is 10.8. The Balaban J connectivity index is 1.99. The van der Waals surface area contributed by atoms with E-state index in [9.17, 15) is 0 Å². The number of fused-ring (bicyclic) bond motifs is 2. The van der Waals surface area contributed by atoms with Crippen molar-refractivity contribution in [1.82, 2.24) is 0 Å². The molecular formula is C20H14BO2. The quantitative estimate of drug-likeness (QED) is 0.561. The molecule has 0 aliphatic carbocycles. The molecule has 4 aromatic carbocycles. The van der Waals surface area contributed by atoms with Crippen molar-refractivity contribution in [2.75, 3.05) is 0 Å². The molecule has 0 aromatic heterocycles. The van der Waals surface area contributed by atoms with E-state index in [1.165, 1.54) is 10.8 Å². The summed E-state index contributed by atoms with van der Waals surface area (Å²) in [6, 6.07) is 26.7. The van der Waals surface area contributed by atoms with Gasteiger partial charge in [0.05, 0.1) is 0 Å². The minimum Gasteiger partial charge on any atom is -0.537 e. The van der Waals surface area contributed by atoms with Crippen LogP contribution in [0.25, 0.3) is 32.7 Å². The van der Waals surface area contributed by atoms with Gasteiger partial charge < -0.3 is 9.68 Å². The fraction of sp³-hybridized carbons (Fsp3) is 0. The number of benzene rings is 4. The summed E-state index contributed by atoms with van der Waals surface area (Å²) < 4.78 is 5.30. The van der Waals surface area contributed by atoms with E-state index in [-0.39, 0.29) is 0 Å². The molecule has 0 aliphatic rings. The van der Waals surface area contributed by atoms with Crippen molar-refractivity contribution in [3.63, 3.8) is 0 Å². The maximum Gasteiger partial charge on any atom is 0.569 e. The maximum atomic E-state index is 9.03. The fourth-order valence-electron chi connectivity index (χ4n) is 3.06. The Bertz CT molecular complexity index is 990. The molecule has 4 rings (SSSR count). The van der Waals surface area contributed by atoms with E-state index in [1.54, 1.807) is 0 Å². The Labute approximate surface area is 135 Å². The molecular weight excluding hydrogens is 283 g/mol. The first-order valence-electron chi connectivity index (χ1n) is 7.50. The molecule has 0 amide bonds. The first-order chi connectivity index (χ1) is 11.4. The van der Waals surface area contributed by atoms with Crippen LogP contribution < -0.4 is 4.65 Å². The first kappa shape index (κ1) is 13.9. The minimum absolute atomic E-state index is 0.647. The Morgan fingerprint density at radius 2 is 1.43 bits per heavy atom. The van der Waals surface area contributed by atoms with Crippen molar-refractivity contribution in [2.45, 2.75) is 0 Å². The molecule has 0 fully saturated rings. The van der Waals surface area contributed by atoms with Gasteiger partial charge in [-0.25, -0.2) is 0 Å². The first-order valence-corrected chi connectivity index (χ1v) is 7.50. The lowest BCUT2D eigenvalue weighted by molar-refractivity contribution is 0.457. The van der Waals surface area contributed by atoms with Gasteiger partial charge in [0.2, 0.25) is 0 Å². The van der Waals surface area contributed by atoms with Gasteiger partial charge in [0, 0.05) is 5.39 Å². The molecule has 0 spiro atoms. The zero-order valence-electron chi connectivity index (χ0n) is 12.4. The number of hydrogen-bond acceptors (Lipinski definition) is 2. The summed E-state index contributed by atoms with van der Waals surface area (Å²) in [6.45, 7) is 0. The number of hydrogen-bond donors (Lipinski definition) is 1. The smallest absolute Gasteiger partial charge is 0.537 e. The molecule has 1 N–H and O–H groups in total. The molecule has 1 radical (unpaired) electrons. The van der Waals surface area contributed by atoms with Gasteiger partial charge in [-0.1, -0.05) is 66.7 Å². The lowest BCUT2D eigenvalue weighted by Crippen LogP contribution is -2.00. The Morgan fingerprint density at radius 3 is 2.26 bits per heavy atom. The Morgan fingerprint density at radius 1 is 0.696 bits per heavy atom. The predicted molar refractivity (Wildman–Crippen MR) is 95.5 cm³/mol. The minimum atomic E-state index is 0.647. The topological polar surface area (TPSA) is 29.5 Å². The Kier molecular flexibility index (Phi) is 3.49. The maximum absolute atomic E-state index is 9.03. The van der Waals surface area contributed by atoms with Crippen LogP contribution in [-0.4, -0.2) is 12.7 Å². The van der Waals surface area contributed by atoms with E-state index in [4.69, 9.17) is 9.68 Å². The van der Waals surface area contributed by atoms with Crippen molar-refractivity contribution in [1.29, 1.82) is 0 Å². The van der Waals surface area contributed by atoms with E-state index >= 15 is 0 Å². The molecule has 3 heteroatoms. The molecule has 23 heavy (non-hydrogen) atoms. The highest BCUT2D eigenvalue weighted by molar-refractivity contribution is 6.18. The summed E-state index contributed by atoms with van der Waals surface area (Å²) in [5.41, 5.74) is 2.22. The van der Waals surface area contributed by atoms with Gasteiger partial charge in [-0.3, -0.25) is 0 Å². The van der Waals surface area contributed by atoms with Gasteiger partial charge in [-0.05, 0) is 39.4 Å². The van der Waals surface area contributed by atoms with Crippen molar-refractivity contribution in [3.8, 4) is 16.9 Å². The van der Waals surface area contributed by atoms with Crippen LogP contribution in [0.15, 0.2) is 78.9 Å². The molecule has 0 saturated carbocycles. The highest BCUT2D eigenvalue weighted by atomic mass is 16.5. The third-order valence-electron chi connectivity index (χ3n) is 4.11. The average molecular weight is 297 g/mol. The lowest BCUT2D eigenvalue weighted by Gasteiger charge is -2.12. The SMILES string of the molecule is O[B]Oc1cccc2cccc(-c3ccc4ccccc4c3)c12. The molecule has 109 valence electrons. The largest absolute Gasteiger partial charge is 0.569 e. The van der Waals surface area contributed by atoms with Crippen LogP contribution in [0.1, 0.15) is 0 Å². The van der Waals surface area contributed by atoms with Gasteiger partial charge in [-0.15, -0.1) is 0 Å². The van der Waals surface area contributed by atoms with Crippen LogP contribution in [0.4, 0.5) is 0 Å². The van der Waals surface area contributed by atoms with Crippen molar-refractivity contribution in [3.05, 3.63) is 78.9 Å². The highest BCUT2D eigenvalue weighted by Crippen LogP contribution is 2.36. The molecule has 0 aliphatic heterocycles. The summed E-state index contributed by atoms with van der Waals surface area (Å²) in [6.07, 6.45) is 0. The molecule has 0 atom stereocenters. The summed E-state index contributed by atoms with van der Waals surface area (Å²) >= 11 is 0. The molecule has 2 nitrogen and oxygen atoms in total. The summed E-state index contributed by atoms with van der Waals surface area (Å²) in [5, 5.41) is 13.5. The monoisotopic (exact) mass is 297 g/mol. The second-order valence-electron chi connectivity index (χ2n) is 5.45. The average Bonchev–Trinajstić information content (AvgIpc) is 2.61. The summed E-state index contributed by atoms with van der Waals surface area (Å²) in [5.74, 6) is 0.647. The summed E-state index contributed by atoms with van der Waals surface area (Å²) in [4.78, 5) is 0. The predicted octanol–water partition coefficient (Wildman–Crippen LogP) is 4.57. The molecule has 0 saturated heterocycles. The van der Waals surface area contributed by atoms with E-state index in [1.807, 2.05) is 42.5 Å². The van der Waals surface area contributed by atoms with E-state index < -0.39 is 0 Å². The molecule has 4 aromatic rings. The zero-order chi connectivity index (χ0) is 15.6. The van der Waals surface area contributed by atoms with Crippen molar-refractivity contribution >= 4 is 29.2 Å². The number of rotatable bonds is 3. The van der Waals surface area contributed by atoms with Crippen LogP contribution in [-0.2, 0) is 0 Å². The van der Waals surface area contributed by atoms with E-state index in [0.29, 0.717) is 5.75 Å². The van der Waals surface area contributed by atoms with Gasteiger partial charge in [-0.2, -0.15) is 0 Å². The van der Waals surface area contributed by atoms with Crippen molar-refractivity contribution in [2.24, 2.45) is 0 Å². The van der Waals surface area contributed by atoms with Crippen LogP contribution in [0.2, 0.25) is 0 Å². The second-order valence-corrected chi connectivity index (χ2v) is 5.45. The third-order valence-corrected chi connectivity index (χ3v) is 4.11. The fourth-order valence-corrected chi connectivity index (χ4v) is 3.06.